The minimum Gasteiger partial charge on any atom is -0.298 e. The summed E-state index contributed by atoms with van der Waals surface area (Å²) in [5.41, 5.74) is 5.16. The van der Waals surface area contributed by atoms with Gasteiger partial charge in [0.2, 0.25) is 0 Å². The molecule has 2 atom stereocenters. The van der Waals surface area contributed by atoms with Gasteiger partial charge in [0.1, 0.15) is 11.7 Å². The van der Waals surface area contributed by atoms with Crippen LogP contribution >= 0.6 is 0 Å². The molecule has 1 saturated carbocycles. The van der Waals surface area contributed by atoms with Crippen molar-refractivity contribution in [1.82, 2.24) is 4.98 Å². The van der Waals surface area contributed by atoms with E-state index in [1.165, 1.54) is 0 Å². The maximum Gasteiger partial charge on any atom is 0.151 e. The van der Waals surface area contributed by atoms with Gasteiger partial charge in [-0.1, -0.05) is 23.8 Å². The minimum absolute atomic E-state index is 0.0546. The second-order valence-corrected chi connectivity index (χ2v) is 6.58. The van der Waals surface area contributed by atoms with Crippen molar-refractivity contribution in [3.63, 3.8) is 0 Å². The molecular formula is C20H21NO2. The molecule has 0 radical (unpaired) electrons. The van der Waals surface area contributed by atoms with Crippen LogP contribution in [0.5, 0.6) is 0 Å². The van der Waals surface area contributed by atoms with E-state index in [0.717, 1.165) is 27.8 Å². The number of benzene rings is 1. The number of carbonyl (C=O) groups is 2. The Morgan fingerprint density at radius 1 is 1.13 bits per heavy atom. The first kappa shape index (κ1) is 15.6. The van der Waals surface area contributed by atoms with Crippen molar-refractivity contribution in [3.8, 4) is 0 Å². The van der Waals surface area contributed by atoms with Crippen molar-refractivity contribution in [2.24, 2.45) is 5.92 Å². The maximum absolute atomic E-state index is 12.9. The average Bonchev–Trinajstić information content (AvgIpc) is 2.75. The van der Waals surface area contributed by atoms with Crippen LogP contribution in [0.25, 0.3) is 0 Å². The summed E-state index contributed by atoms with van der Waals surface area (Å²) in [6.07, 6.45) is 4.42. The van der Waals surface area contributed by atoms with E-state index < -0.39 is 5.92 Å². The lowest BCUT2D eigenvalue weighted by Gasteiger charge is -2.16. The van der Waals surface area contributed by atoms with Crippen LogP contribution in [0.1, 0.15) is 40.2 Å². The molecule has 3 rings (SSSR count). The lowest BCUT2D eigenvalue weighted by Crippen LogP contribution is -2.18. The second kappa shape index (κ2) is 6.07. The molecule has 2 aromatic rings. The van der Waals surface area contributed by atoms with E-state index in [1.807, 2.05) is 32.9 Å². The summed E-state index contributed by atoms with van der Waals surface area (Å²) in [7, 11) is 0. The highest BCUT2D eigenvalue weighted by molar-refractivity contribution is 6.15. The molecule has 1 heterocycles. The standard InChI is InChI=1S/C20H21NO2/c1-12-7-13(2)18(14(3)8-12)19-17(22)10-16(20(19)23)9-15-5-4-6-21-11-15/h4-8,11,16,19H,9-10H2,1-3H3. The molecule has 1 aromatic heterocycles. The van der Waals surface area contributed by atoms with Gasteiger partial charge in [-0.15, -0.1) is 0 Å². The molecule has 2 unspecified atom stereocenters. The summed E-state index contributed by atoms with van der Waals surface area (Å²) < 4.78 is 0. The van der Waals surface area contributed by atoms with Crippen molar-refractivity contribution in [2.45, 2.75) is 39.5 Å². The Labute approximate surface area is 136 Å². The zero-order valence-electron chi connectivity index (χ0n) is 13.8. The SMILES string of the molecule is Cc1cc(C)c(C2C(=O)CC(Cc3cccnc3)C2=O)c(C)c1. The smallest absolute Gasteiger partial charge is 0.151 e. The zero-order chi connectivity index (χ0) is 16.6. The lowest BCUT2D eigenvalue weighted by atomic mass is 9.86. The molecule has 0 bridgehead atoms. The highest BCUT2D eigenvalue weighted by atomic mass is 16.2. The van der Waals surface area contributed by atoms with Crippen molar-refractivity contribution in [1.29, 1.82) is 0 Å². The molecule has 3 heteroatoms. The highest BCUT2D eigenvalue weighted by Gasteiger charge is 2.42. The second-order valence-electron chi connectivity index (χ2n) is 6.58. The molecule has 1 fully saturated rings. The van der Waals surface area contributed by atoms with E-state index >= 15 is 0 Å². The number of rotatable bonds is 3. The Hall–Kier alpha value is -2.29. The fourth-order valence-electron chi connectivity index (χ4n) is 3.78. The number of hydrogen-bond donors (Lipinski definition) is 0. The molecule has 0 N–H and O–H groups in total. The Kier molecular flexibility index (Phi) is 4.12. The molecule has 0 saturated heterocycles. The fourth-order valence-corrected chi connectivity index (χ4v) is 3.78. The number of aromatic nitrogens is 1. The first-order valence-corrected chi connectivity index (χ1v) is 8.00. The van der Waals surface area contributed by atoms with Gasteiger partial charge in [-0.05, 0) is 55.5 Å². The number of nitrogens with zero attached hydrogens (tertiary/aromatic N) is 1. The zero-order valence-corrected chi connectivity index (χ0v) is 13.8. The van der Waals surface area contributed by atoms with Crippen LogP contribution in [0.3, 0.4) is 0 Å². The van der Waals surface area contributed by atoms with Crippen LogP contribution in [0, 0.1) is 26.7 Å². The molecule has 1 aliphatic rings. The molecule has 1 aromatic carbocycles. The molecule has 3 nitrogen and oxygen atoms in total. The summed E-state index contributed by atoms with van der Waals surface area (Å²) in [5.74, 6) is -0.693. The summed E-state index contributed by atoms with van der Waals surface area (Å²) in [6.45, 7) is 6.02. The van der Waals surface area contributed by atoms with Crippen LogP contribution in [0.2, 0.25) is 0 Å². The van der Waals surface area contributed by atoms with E-state index in [9.17, 15) is 9.59 Å². The van der Waals surface area contributed by atoms with Gasteiger partial charge in [-0.3, -0.25) is 14.6 Å². The first-order valence-electron chi connectivity index (χ1n) is 8.00. The Balaban J connectivity index is 1.91. The van der Waals surface area contributed by atoms with Crippen molar-refractivity contribution < 1.29 is 9.59 Å². The number of Topliss-reactive ketones (excluding diaryl/α,β-unsaturated/α-hetero) is 2. The van der Waals surface area contributed by atoms with Gasteiger partial charge in [-0.2, -0.15) is 0 Å². The van der Waals surface area contributed by atoms with Crippen LogP contribution in [0.4, 0.5) is 0 Å². The number of aryl methyl sites for hydroxylation is 3. The minimum atomic E-state index is -0.586. The predicted octanol–water partition coefficient (Wildman–Crippen LogP) is 3.49. The third-order valence-corrected chi connectivity index (χ3v) is 4.69. The number of carbonyl (C=O) groups excluding carboxylic acids is 2. The normalized spacial score (nSPS) is 21.0. The van der Waals surface area contributed by atoms with E-state index in [2.05, 4.69) is 17.1 Å². The van der Waals surface area contributed by atoms with E-state index in [1.54, 1.807) is 12.4 Å². The number of ketones is 2. The van der Waals surface area contributed by atoms with Gasteiger partial charge < -0.3 is 0 Å². The van der Waals surface area contributed by atoms with Gasteiger partial charge in [0.25, 0.3) is 0 Å². The Morgan fingerprint density at radius 3 is 2.43 bits per heavy atom. The summed E-state index contributed by atoms with van der Waals surface area (Å²) >= 11 is 0. The quantitative estimate of drug-likeness (QED) is 0.816. The topological polar surface area (TPSA) is 47.0 Å². The molecule has 1 aliphatic carbocycles. The first-order chi connectivity index (χ1) is 11.0. The Morgan fingerprint density at radius 2 is 1.83 bits per heavy atom. The monoisotopic (exact) mass is 307 g/mol. The van der Waals surface area contributed by atoms with Crippen LogP contribution < -0.4 is 0 Å². The summed E-state index contributed by atoms with van der Waals surface area (Å²) in [5, 5.41) is 0. The van der Waals surface area contributed by atoms with Gasteiger partial charge >= 0.3 is 0 Å². The Bertz CT molecular complexity index is 741. The molecule has 0 spiro atoms. The van der Waals surface area contributed by atoms with Gasteiger partial charge in [0.15, 0.2) is 5.78 Å². The largest absolute Gasteiger partial charge is 0.298 e. The highest BCUT2D eigenvalue weighted by Crippen LogP contribution is 2.37. The van der Waals surface area contributed by atoms with Crippen LogP contribution in [-0.2, 0) is 16.0 Å². The van der Waals surface area contributed by atoms with Gasteiger partial charge in [0.05, 0.1) is 0 Å². The third kappa shape index (κ3) is 2.96. The fraction of sp³-hybridized carbons (Fsp3) is 0.350. The van der Waals surface area contributed by atoms with E-state index in [0.29, 0.717) is 12.8 Å². The van der Waals surface area contributed by atoms with Crippen molar-refractivity contribution in [2.75, 3.05) is 0 Å². The van der Waals surface area contributed by atoms with Crippen LogP contribution in [0.15, 0.2) is 36.7 Å². The predicted molar refractivity (Wildman–Crippen MR) is 89.5 cm³/mol. The van der Waals surface area contributed by atoms with E-state index in [4.69, 9.17) is 0 Å². The maximum atomic E-state index is 12.9. The lowest BCUT2D eigenvalue weighted by molar-refractivity contribution is -0.124. The number of pyridine rings is 1. The molecule has 118 valence electrons. The molecule has 23 heavy (non-hydrogen) atoms. The summed E-state index contributed by atoms with van der Waals surface area (Å²) in [6, 6.07) is 7.93. The van der Waals surface area contributed by atoms with Crippen molar-refractivity contribution in [3.05, 3.63) is 64.5 Å². The van der Waals surface area contributed by atoms with Gasteiger partial charge in [0, 0.05) is 24.7 Å². The van der Waals surface area contributed by atoms with E-state index in [-0.39, 0.29) is 17.5 Å². The molecule has 0 amide bonds. The third-order valence-electron chi connectivity index (χ3n) is 4.69. The number of hydrogen-bond acceptors (Lipinski definition) is 3. The van der Waals surface area contributed by atoms with Gasteiger partial charge in [-0.25, -0.2) is 0 Å². The molecular weight excluding hydrogens is 286 g/mol. The van der Waals surface area contributed by atoms with Crippen LogP contribution in [-0.4, -0.2) is 16.6 Å². The van der Waals surface area contributed by atoms with Crippen molar-refractivity contribution >= 4 is 11.6 Å². The summed E-state index contributed by atoms with van der Waals surface area (Å²) in [4.78, 5) is 29.5. The molecule has 0 aliphatic heterocycles. The average molecular weight is 307 g/mol.